The van der Waals surface area contributed by atoms with Gasteiger partial charge in [-0.05, 0) is 49.5 Å². The van der Waals surface area contributed by atoms with E-state index in [1.165, 1.54) is 18.2 Å². The van der Waals surface area contributed by atoms with Crippen LogP contribution < -0.4 is 4.72 Å². The Hall–Kier alpha value is -1.18. The highest BCUT2D eigenvalue weighted by molar-refractivity contribution is 7.88. The summed E-state index contributed by atoms with van der Waals surface area (Å²) in [5.74, 6) is -0.573. The molecule has 0 fully saturated rings. The van der Waals surface area contributed by atoms with Crippen molar-refractivity contribution in [3.05, 3.63) is 69.5 Å². The Balaban J connectivity index is 2.09. The van der Waals surface area contributed by atoms with Crippen molar-refractivity contribution >= 4 is 33.2 Å². The first-order valence-corrected chi connectivity index (χ1v) is 9.92. The second kappa shape index (κ2) is 8.47. The number of nitrogens with one attached hydrogen (secondary N) is 1. The van der Waals surface area contributed by atoms with Crippen molar-refractivity contribution in [3.8, 4) is 0 Å². The van der Waals surface area contributed by atoms with Crippen LogP contribution in [0.2, 0.25) is 10.0 Å². The first kappa shape index (κ1) is 20.1. The van der Waals surface area contributed by atoms with Crippen molar-refractivity contribution in [2.75, 3.05) is 20.6 Å². The summed E-state index contributed by atoms with van der Waals surface area (Å²) in [6.45, 7) is 0.125. The first-order chi connectivity index (χ1) is 11.7. The molecule has 4 nitrogen and oxygen atoms in total. The molecule has 1 N–H and O–H groups in total. The molecule has 0 heterocycles. The Kier molecular flexibility index (Phi) is 6.82. The SMILES string of the molecule is CN(C)C(CNS(=O)(=O)Cc1ccc(Cl)c(Cl)c1)c1cccc(F)c1. The number of hydrogen-bond acceptors (Lipinski definition) is 3. The fourth-order valence-corrected chi connectivity index (χ4v) is 3.87. The number of sulfonamides is 1. The Morgan fingerprint density at radius 1 is 1.12 bits per heavy atom. The standard InChI is InChI=1S/C17H19Cl2FN2O2S/c1-22(2)17(13-4-3-5-14(20)9-13)10-21-25(23,24)11-12-6-7-15(18)16(19)8-12/h3-9,17,21H,10-11H2,1-2H3. The number of hydrogen-bond donors (Lipinski definition) is 1. The van der Waals surface area contributed by atoms with E-state index in [0.29, 0.717) is 21.2 Å². The molecule has 2 aromatic carbocycles. The molecule has 0 aliphatic rings. The zero-order chi connectivity index (χ0) is 18.6. The van der Waals surface area contributed by atoms with Gasteiger partial charge in [-0.3, -0.25) is 0 Å². The molecule has 2 rings (SSSR count). The lowest BCUT2D eigenvalue weighted by Gasteiger charge is -2.25. The normalized spacial score (nSPS) is 13.2. The zero-order valence-electron chi connectivity index (χ0n) is 13.8. The quantitative estimate of drug-likeness (QED) is 0.761. The van der Waals surface area contributed by atoms with Gasteiger partial charge in [-0.1, -0.05) is 41.4 Å². The molecule has 0 aromatic heterocycles. The van der Waals surface area contributed by atoms with Crippen LogP contribution in [0.25, 0.3) is 0 Å². The number of likely N-dealkylation sites (N-methyl/N-ethyl adjacent to an activating group) is 1. The van der Waals surface area contributed by atoms with E-state index in [1.807, 2.05) is 19.0 Å². The van der Waals surface area contributed by atoms with E-state index in [0.717, 1.165) is 0 Å². The lowest BCUT2D eigenvalue weighted by Crippen LogP contribution is -2.35. The molecule has 0 radical (unpaired) electrons. The van der Waals surface area contributed by atoms with Crippen molar-refractivity contribution in [2.45, 2.75) is 11.8 Å². The Morgan fingerprint density at radius 2 is 1.84 bits per heavy atom. The van der Waals surface area contributed by atoms with Crippen LogP contribution in [0.5, 0.6) is 0 Å². The van der Waals surface area contributed by atoms with Gasteiger partial charge in [-0.15, -0.1) is 0 Å². The van der Waals surface area contributed by atoms with Gasteiger partial charge in [0.15, 0.2) is 0 Å². The van der Waals surface area contributed by atoms with Crippen LogP contribution in [0.4, 0.5) is 4.39 Å². The van der Waals surface area contributed by atoms with E-state index in [1.54, 1.807) is 24.3 Å². The van der Waals surface area contributed by atoms with E-state index in [-0.39, 0.29) is 24.2 Å². The number of rotatable bonds is 7. The molecule has 1 atom stereocenters. The van der Waals surface area contributed by atoms with Crippen molar-refractivity contribution < 1.29 is 12.8 Å². The van der Waals surface area contributed by atoms with Crippen LogP contribution in [0.1, 0.15) is 17.2 Å². The van der Waals surface area contributed by atoms with Gasteiger partial charge in [0.05, 0.1) is 15.8 Å². The Bertz CT molecular complexity index is 844. The summed E-state index contributed by atoms with van der Waals surface area (Å²) in [4.78, 5) is 1.83. The van der Waals surface area contributed by atoms with Gasteiger partial charge in [0, 0.05) is 12.6 Å². The van der Waals surface area contributed by atoms with Crippen LogP contribution in [-0.2, 0) is 15.8 Å². The summed E-state index contributed by atoms with van der Waals surface area (Å²) in [7, 11) is 0.0337. The van der Waals surface area contributed by atoms with E-state index in [2.05, 4.69) is 4.72 Å². The van der Waals surface area contributed by atoms with Gasteiger partial charge in [0.2, 0.25) is 10.0 Å². The van der Waals surface area contributed by atoms with Gasteiger partial charge in [-0.2, -0.15) is 0 Å². The smallest absolute Gasteiger partial charge is 0.215 e. The highest BCUT2D eigenvalue weighted by atomic mass is 35.5. The fourth-order valence-electron chi connectivity index (χ4n) is 2.42. The van der Waals surface area contributed by atoms with Crippen LogP contribution in [0.15, 0.2) is 42.5 Å². The maximum absolute atomic E-state index is 13.4. The van der Waals surface area contributed by atoms with Crippen molar-refractivity contribution in [1.29, 1.82) is 0 Å². The lowest BCUT2D eigenvalue weighted by molar-refractivity contribution is 0.298. The molecule has 0 saturated heterocycles. The number of halogens is 3. The van der Waals surface area contributed by atoms with E-state index >= 15 is 0 Å². The molecule has 0 aliphatic heterocycles. The Labute approximate surface area is 157 Å². The lowest BCUT2D eigenvalue weighted by atomic mass is 10.1. The van der Waals surface area contributed by atoms with Crippen molar-refractivity contribution in [3.63, 3.8) is 0 Å². The molecule has 0 amide bonds. The molecule has 0 spiro atoms. The second-order valence-corrected chi connectivity index (χ2v) is 8.51. The highest BCUT2D eigenvalue weighted by Gasteiger charge is 2.19. The number of nitrogens with zero attached hydrogens (tertiary/aromatic N) is 1. The molecular formula is C17H19Cl2FN2O2S. The highest BCUT2D eigenvalue weighted by Crippen LogP contribution is 2.24. The summed E-state index contributed by atoms with van der Waals surface area (Å²) < 4.78 is 40.7. The average molecular weight is 405 g/mol. The third-order valence-corrected chi connectivity index (χ3v) is 5.75. The van der Waals surface area contributed by atoms with Gasteiger partial charge in [-0.25, -0.2) is 17.5 Å². The fraction of sp³-hybridized carbons (Fsp3) is 0.294. The molecule has 0 bridgehead atoms. The molecule has 0 saturated carbocycles. The molecule has 8 heteroatoms. The largest absolute Gasteiger partial charge is 0.301 e. The third-order valence-electron chi connectivity index (χ3n) is 3.69. The van der Waals surface area contributed by atoms with Gasteiger partial charge < -0.3 is 4.90 Å². The summed E-state index contributed by atoms with van der Waals surface area (Å²) in [6, 6.07) is 10.5. The molecule has 2 aromatic rings. The number of benzene rings is 2. The Morgan fingerprint density at radius 3 is 2.44 bits per heavy atom. The predicted octanol–water partition coefficient (Wildman–Crippen LogP) is 3.85. The molecule has 25 heavy (non-hydrogen) atoms. The summed E-state index contributed by atoms with van der Waals surface area (Å²) in [5.41, 5.74) is 1.23. The summed E-state index contributed by atoms with van der Waals surface area (Å²) >= 11 is 11.8. The second-order valence-electron chi connectivity index (χ2n) is 5.89. The first-order valence-electron chi connectivity index (χ1n) is 7.51. The van der Waals surface area contributed by atoms with Crippen LogP contribution >= 0.6 is 23.2 Å². The molecule has 136 valence electrons. The molecule has 0 aliphatic carbocycles. The summed E-state index contributed by atoms with van der Waals surface area (Å²) in [5, 5.41) is 0.676. The maximum Gasteiger partial charge on any atom is 0.215 e. The average Bonchev–Trinajstić information content (AvgIpc) is 2.50. The minimum absolute atomic E-state index is 0.125. The zero-order valence-corrected chi connectivity index (χ0v) is 16.2. The third kappa shape index (κ3) is 5.94. The van der Waals surface area contributed by atoms with Gasteiger partial charge in [0.1, 0.15) is 5.82 Å². The van der Waals surface area contributed by atoms with Crippen molar-refractivity contribution in [2.24, 2.45) is 0 Å². The summed E-state index contributed by atoms with van der Waals surface area (Å²) in [6.07, 6.45) is 0. The topological polar surface area (TPSA) is 49.4 Å². The monoisotopic (exact) mass is 404 g/mol. The van der Waals surface area contributed by atoms with Gasteiger partial charge in [0.25, 0.3) is 0 Å². The van der Waals surface area contributed by atoms with Gasteiger partial charge >= 0.3 is 0 Å². The maximum atomic E-state index is 13.4. The minimum Gasteiger partial charge on any atom is -0.301 e. The van der Waals surface area contributed by atoms with Crippen molar-refractivity contribution in [1.82, 2.24) is 9.62 Å². The minimum atomic E-state index is -3.58. The predicted molar refractivity (Wildman–Crippen MR) is 99.9 cm³/mol. The molecule has 1 unspecified atom stereocenters. The van der Waals surface area contributed by atoms with E-state index < -0.39 is 10.0 Å². The molecular weight excluding hydrogens is 386 g/mol. The van der Waals surface area contributed by atoms with Crippen LogP contribution in [0.3, 0.4) is 0 Å². The van der Waals surface area contributed by atoms with E-state index in [4.69, 9.17) is 23.2 Å². The van der Waals surface area contributed by atoms with E-state index in [9.17, 15) is 12.8 Å². The van der Waals surface area contributed by atoms with Crippen LogP contribution in [-0.4, -0.2) is 34.0 Å². The van der Waals surface area contributed by atoms with Crippen LogP contribution in [0, 0.1) is 5.82 Å².